The van der Waals surface area contributed by atoms with E-state index in [4.69, 9.17) is 5.11 Å². The smallest absolute Gasteiger partial charge is 0.328 e. The van der Waals surface area contributed by atoms with Crippen molar-refractivity contribution in [3.05, 3.63) is 33.1 Å². The lowest BCUT2D eigenvalue weighted by Crippen LogP contribution is -2.43. The largest absolute Gasteiger partial charge is 0.481 e. The molecule has 1 aliphatic rings. The van der Waals surface area contributed by atoms with Gasteiger partial charge in [0.1, 0.15) is 12.2 Å². The van der Waals surface area contributed by atoms with Crippen molar-refractivity contribution >= 4 is 11.9 Å². The number of H-pyrrole nitrogens is 1. The number of carboxylic acid groups (broad SMARTS) is 1. The summed E-state index contributed by atoms with van der Waals surface area (Å²) < 4.78 is 1.08. The number of aromatic amines is 1. The molecular weight excluding hydrogens is 310 g/mol. The summed E-state index contributed by atoms with van der Waals surface area (Å²) in [6.07, 6.45) is -1.96. The molecule has 0 saturated heterocycles. The highest BCUT2D eigenvalue weighted by atomic mass is 16.4. The number of aliphatic hydroxyl groups is 2. The van der Waals surface area contributed by atoms with Gasteiger partial charge >= 0.3 is 11.7 Å². The molecule has 0 aliphatic heterocycles. The average Bonchev–Trinajstić information content (AvgIpc) is 2.74. The van der Waals surface area contributed by atoms with Gasteiger partial charge in [-0.1, -0.05) is 0 Å². The standard InChI is InChI=1S/C13H17N3O7/c17-8(1-2-10(19)20)14-6-5-7(12(22)11(6)21)16-4-3-9(18)15-13(16)23/h3-4,6-7,11-12,21-22H,1-2,5H2,(H,14,17)(H,19,20)(H,15,18,23)/t6-,7+,11+,12-/m1/s1. The minimum absolute atomic E-state index is 0.0626. The number of amides is 1. The fourth-order valence-electron chi connectivity index (χ4n) is 2.61. The van der Waals surface area contributed by atoms with Gasteiger partial charge < -0.3 is 20.6 Å². The van der Waals surface area contributed by atoms with Crippen LogP contribution in [0.5, 0.6) is 0 Å². The van der Waals surface area contributed by atoms with Crippen LogP contribution in [0, 0.1) is 0 Å². The second kappa shape index (κ2) is 6.75. The number of rotatable bonds is 5. The number of carboxylic acids is 1. The number of hydrogen-bond donors (Lipinski definition) is 5. The van der Waals surface area contributed by atoms with Crippen molar-refractivity contribution in [2.45, 2.75) is 43.6 Å². The molecule has 2 rings (SSSR count). The number of aliphatic carboxylic acids is 1. The van der Waals surface area contributed by atoms with E-state index in [0.29, 0.717) is 0 Å². The monoisotopic (exact) mass is 327 g/mol. The molecule has 0 spiro atoms. The lowest BCUT2D eigenvalue weighted by atomic mass is 10.2. The van der Waals surface area contributed by atoms with Gasteiger partial charge in [-0.05, 0) is 6.42 Å². The van der Waals surface area contributed by atoms with Crippen LogP contribution in [0.3, 0.4) is 0 Å². The molecule has 5 N–H and O–H groups in total. The van der Waals surface area contributed by atoms with Gasteiger partial charge in [-0.3, -0.25) is 23.9 Å². The van der Waals surface area contributed by atoms with Crippen LogP contribution in [0.25, 0.3) is 0 Å². The molecular formula is C13H17N3O7. The molecule has 1 fully saturated rings. The van der Waals surface area contributed by atoms with Gasteiger partial charge in [0.15, 0.2) is 0 Å². The van der Waals surface area contributed by atoms with E-state index in [-0.39, 0.29) is 19.3 Å². The third-order valence-corrected chi connectivity index (χ3v) is 3.77. The number of aliphatic hydroxyl groups excluding tert-OH is 2. The Morgan fingerprint density at radius 1 is 1.26 bits per heavy atom. The molecule has 10 nitrogen and oxygen atoms in total. The van der Waals surface area contributed by atoms with Crippen LogP contribution in [-0.2, 0) is 9.59 Å². The van der Waals surface area contributed by atoms with Crippen LogP contribution < -0.4 is 16.6 Å². The molecule has 0 aromatic carbocycles. The van der Waals surface area contributed by atoms with Crippen LogP contribution in [-0.4, -0.2) is 55.0 Å². The van der Waals surface area contributed by atoms with Crippen molar-refractivity contribution in [2.24, 2.45) is 0 Å². The summed E-state index contributed by atoms with van der Waals surface area (Å²) in [5.74, 6) is -1.69. The first-order chi connectivity index (χ1) is 10.8. The molecule has 0 unspecified atom stereocenters. The molecule has 1 aromatic heterocycles. The molecule has 23 heavy (non-hydrogen) atoms. The van der Waals surface area contributed by atoms with Crippen LogP contribution in [0.2, 0.25) is 0 Å². The van der Waals surface area contributed by atoms with E-state index in [2.05, 4.69) is 5.32 Å². The quantitative estimate of drug-likeness (QED) is 0.401. The fourth-order valence-corrected chi connectivity index (χ4v) is 2.61. The Kier molecular flexibility index (Phi) is 4.96. The topological polar surface area (TPSA) is 162 Å². The number of aromatic nitrogens is 2. The Bertz CT molecular complexity index is 710. The maximum atomic E-state index is 11.7. The summed E-state index contributed by atoms with van der Waals surface area (Å²) in [5, 5.41) is 31.0. The van der Waals surface area contributed by atoms with Gasteiger partial charge in [0, 0.05) is 18.7 Å². The maximum Gasteiger partial charge on any atom is 0.328 e. The summed E-state index contributed by atoms with van der Waals surface area (Å²) in [5.41, 5.74) is -1.32. The zero-order chi connectivity index (χ0) is 17.1. The van der Waals surface area contributed by atoms with Crippen molar-refractivity contribution in [1.29, 1.82) is 0 Å². The number of nitrogens with zero attached hydrogens (tertiary/aromatic N) is 1. The zero-order valence-electron chi connectivity index (χ0n) is 12.0. The maximum absolute atomic E-state index is 11.7. The van der Waals surface area contributed by atoms with Gasteiger partial charge in [0.05, 0.1) is 18.5 Å². The van der Waals surface area contributed by atoms with E-state index in [1.54, 1.807) is 0 Å². The van der Waals surface area contributed by atoms with Crippen LogP contribution >= 0.6 is 0 Å². The predicted octanol–water partition coefficient (Wildman–Crippen LogP) is -2.45. The van der Waals surface area contributed by atoms with E-state index in [1.165, 1.54) is 6.20 Å². The number of carbonyl (C=O) groups excluding carboxylic acids is 1. The van der Waals surface area contributed by atoms with Crippen LogP contribution in [0.15, 0.2) is 21.9 Å². The Labute approximate surface area is 129 Å². The van der Waals surface area contributed by atoms with Gasteiger partial charge in [0.2, 0.25) is 5.91 Å². The molecule has 1 saturated carbocycles. The Morgan fingerprint density at radius 2 is 1.96 bits per heavy atom. The van der Waals surface area contributed by atoms with E-state index in [1.807, 2.05) is 4.98 Å². The number of hydrogen-bond acceptors (Lipinski definition) is 6. The summed E-state index contributed by atoms with van der Waals surface area (Å²) in [6.45, 7) is 0. The molecule has 10 heteroatoms. The third-order valence-electron chi connectivity index (χ3n) is 3.77. The number of nitrogens with one attached hydrogen (secondary N) is 2. The minimum Gasteiger partial charge on any atom is -0.481 e. The summed E-state index contributed by atoms with van der Waals surface area (Å²) in [4.78, 5) is 46.9. The van der Waals surface area contributed by atoms with Crippen molar-refractivity contribution in [1.82, 2.24) is 14.9 Å². The van der Waals surface area contributed by atoms with E-state index in [0.717, 1.165) is 10.6 Å². The Balaban J connectivity index is 2.09. The van der Waals surface area contributed by atoms with E-state index >= 15 is 0 Å². The molecule has 0 bridgehead atoms. The van der Waals surface area contributed by atoms with Crippen molar-refractivity contribution < 1.29 is 24.9 Å². The van der Waals surface area contributed by atoms with Crippen molar-refractivity contribution in [2.75, 3.05) is 0 Å². The van der Waals surface area contributed by atoms with Gasteiger partial charge in [-0.15, -0.1) is 0 Å². The van der Waals surface area contributed by atoms with Gasteiger partial charge in [-0.25, -0.2) is 4.79 Å². The first-order valence-corrected chi connectivity index (χ1v) is 6.98. The summed E-state index contributed by atoms with van der Waals surface area (Å²) in [6, 6.07) is -0.534. The molecule has 126 valence electrons. The molecule has 1 amide bonds. The Morgan fingerprint density at radius 3 is 2.57 bits per heavy atom. The third kappa shape index (κ3) is 3.85. The molecule has 1 heterocycles. The Hall–Kier alpha value is -2.46. The fraction of sp³-hybridized carbons (Fsp3) is 0.538. The molecule has 0 radical (unpaired) electrons. The summed E-state index contributed by atoms with van der Waals surface area (Å²) in [7, 11) is 0. The van der Waals surface area contributed by atoms with Gasteiger partial charge in [-0.2, -0.15) is 0 Å². The SMILES string of the molecule is O=C(O)CCC(=O)N[C@@H]1C[C@H](n2ccc(=O)[nH]c2=O)[C@@H](O)[C@H]1O. The van der Waals surface area contributed by atoms with Gasteiger partial charge in [0.25, 0.3) is 5.56 Å². The minimum atomic E-state index is -1.32. The predicted molar refractivity (Wildman–Crippen MR) is 75.8 cm³/mol. The van der Waals surface area contributed by atoms with Crippen molar-refractivity contribution in [3.63, 3.8) is 0 Å². The summed E-state index contributed by atoms with van der Waals surface area (Å²) >= 11 is 0. The lowest BCUT2D eigenvalue weighted by molar-refractivity contribution is -0.139. The highest BCUT2D eigenvalue weighted by Crippen LogP contribution is 2.29. The second-order valence-corrected chi connectivity index (χ2v) is 5.37. The van der Waals surface area contributed by atoms with Crippen LogP contribution in [0.1, 0.15) is 25.3 Å². The zero-order valence-corrected chi connectivity index (χ0v) is 12.0. The van der Waals surface area contributed by atoms with E-state index in [9.17, 15) is 29.4 Å². The lowest BCUT2D eigenvalue weighted by Gasteiger charge is -2.18. The number of carbonyl (C=O) groups is 2. The molecule has 1 aromatic rings. The first kappa shape index (κ1) is 16.9. The highest BCUT2D eigenvalue weighted by Gasteiger charge is 2.43. The normalized spacial score (nSPS) is 26.9. The highest BCUT2D eigenvalue weighted by molar-refractivity contribution is 5.80. The molecule has 1 aliphatic carbocycles. The average molecular weight is 327 g/mol. The first-order valence-electron chi connectivity index (χ1n) is 6.98. The van der Waals surface area contributed by atoms with E-state index < -0.39 is 47.4 Å². The van der Waals surface area contributed by atoms with Crippen molar-refractivity contribution in [3.8, 4) is 0 Å². The van der Waals surface area contributed by atoms with Crippen LogP contribution in [0.4, 0.5) is 0 Å². The molecule has 4 atom stereocenters. The second-order valence-electron chi connectivity index (χ2n) is 5.37.